The minimum absolute atomic E-state index is 0. The van der Waals surface area contributed by atoms with E-state index in [0.29, 0.717) is 0 Å². The van der Waals surface area contributed by atoms with Crippen LogP contribution < -0.4 is 59.1 Å². The van der Waals surface area contributed by atoms with Gasteiger partial charge in [0.15, 0.2) is 0 Å². The monoisotopic (exact) mass is 136 g/mol. The van der Waals surface area contributed by atoms with Crippen LogP contribution in [0.3, 0.4) is 0 Å². The predicted molar refractivity (Wildman–Crippen MR) is 24.7 cm³/mol. The van der Waals surface area contributed by atoms with Gasteiger partial charge >= 0.3 is 65.1 Å². The van der Waals surface area contributed by atoms with Crippen molar-refractivity contribution in [1.82, 2.24) is 0 Å². The molecule has 0 saturated heterocycles. The summed E-state index contributed by atoms with van der Waals surface area (Å²) in [5.74, 6) is -0.972. The molecule has 4 heteroatoms. The summed E-state index contributed by atoms with van der Waals surface area (Å²) in [7, 11) is 0. The van der Waals surface area contributed by atoms with Crippen molar-refractivity contribution >= 4 is 5.97 Å². The fraction of sp³-hybridized carbons (Fsp3) is 0.750. The van der Waals surface area contributed by atoms with Gasteiger partial charge in [0.05, 0.1) is 5.92 Å². The molecule has 0 rings (SSSR count). The standard InChI is InChI=1S/C4H8O2.2Na.2H/c1-3(2)4(5)6;;;;/h3H,1-2H3,(H,5,6);;;;/q;2*+1;2*-1. The number of carboxylic acid groups (broad SMARTS) is 1. The molecule has 2 nitrogen and oxygen atoms in total. The van der Waals surface area contributed by atoms with Crippen molar-refractivity contribution in [3.05, 3.63) is 0 Å². The van der Waals surface area contributed by atoms with Crippen molar-refractivity contribution in [1.29, 1.82) is 0 Å². The average molecular weight is 136 g/mol. The second kappa shape index (κ2) is 8.47. The second-order valence-electron chi connectivity index (χ2n) is 1.49. The molecule has 0 fully saturated rings. The van der Waals surface area contributed by atoms with Crippen LogP contribution in [0.5, 0.6) is 0 Å². The molecule has 0 aliphatic heterocycles. The van der Waals surface area contributed by atoms with Crippen LogP contribution in [-0.2, 0) is 4.79 Å². The molecule has 0 unspecified atom stereocenters. The van der Waals surface area contributed by atoms with Gasteiger partial charge in [0.25, 0.3) is 0 Å². The Morgan fingerprint density at radius 1 is 1.50 bits per heavy atom. The molecule has 0 aromatic heterocycles. The van der Waals surface area contributed by atoms with E-state index in [1.807, 2.05) is 0 Å². The number of carbonyl (C=O) groups is 1. The first-order valence-electron chi connectivity index (χ1n) is 1.87. The topological polar surface area (TPSA) is 37.3 Å². The van der Waals surface area contributed by atoms with E-state index in [2.05, 4.69) is 0 Å². The van der Waals surface area contributed by atoms with E-state index in [9.17, 15) is 4.79 Å². The molecule has 0 spiro atoms. The van der Waals surface area contributed by atoms with Gasteiger partial charge in [-0.25, -0.2) is 0 Å². The number of hydrogen-bond acceptors (Lipinski definition) is 1. The average Bonchev–Trinajstić information content (AvgIpc) is 1.36. The molecular weight excluding hydrogens is 126 g/mol. The maximum atomic E-state index is 9.70. The summed E-state index contributed by atoms with van der Waals surface area (Å²) in [5, 5.41) is 7.99. The van der Waals surface area contributed by atoms with Crippen LogP contribution >= 0.6 is 0 Å². The van der Waals surface area contributed by atoms with Crippen LogP contribution in [0, 0.1) is 5.92 Å². The first-order valence-corrected chi connectivity index (χ1v) is 1.87. The summed E-state index contributed by atoms with van der Waals surface area (Å²) in [4.78, 5) is 9.70. The molecule has 0 radical (unpaired) electrons. The largest absolute Gasteiger partial charge is 1.00 e. The number of aliphatic carboxylic acids is 1. The molecule has 40 valence electrons. The smallest absolute Gasteiger partial charge is 1.00 e. The van der Waals surface area contributed by atoms with Gasteiger partial charge < -0.3 is 7.96 Å². The number of rotatable bonds is 1. The van der Waals surface area contributed by atoms with Crippen LogP contribution in [0.2, 0.25) is 0 Å². The van der Waals surface area contributed by atoms with Gasteiger partial charge in [-0.05, 0) is 0 Å². The van der Waals surface area contributed by atoms with Gasteiger partial charge in [-0.3, -0.25) is 4.79 Å². The molecule has 0 aliphatic rings. The summed E-state index contributed by atoms with van der Waals surface area (Å²) in [6.45, 7) is 3.28. The van der Waals surface area contributed by atoms with Crippen LogP contribution in [0.15, 0.2) is 0 Å². The molecule has 0 amide bonds. The molecule has 0 heterocycles. The van der Waals surface area contributed by atoms with Gasteiger partial charge in [0.1, 0.15) is 0 Å². The van der Waals surface area contributed by atoms with Crippen molar-refractivity contribution in [3.8, 4) is 0 Å². The fourth-order valence-electron chi connectivity index (χ4n) is 0. The van der Waals surface area contributed by atoms with Crippen molar-refractivity contribution in [2.75, 3.05) is 0 Å². The van der Waals surface area contributed by atoms with Crippen molar-refractivity contribution in [2.45, 2.75) is 13.8 Å². The molecule has 0 aliphatic carbocycles. The van der Waals surface area contributed by atoms with Crippen LogP contribution in [0.4, 0.5) is 0 Å². The van der Waals surface area contributed by atoms with Crippen LogP contribution in [0.25, 0.3) is 0 Å². The zero-order valence-corrected chi connectivity index (χ0v) is 9.93. The van der Waals surface area contributed by atoms with Crippen LogP contribution in [-0.4, -0.2) is 11.1 Å². The summed E-state index contributed by atoms with van der Waals surface area (Å²) < 4.78 is 0. The Hall–Kier alpha value is 1.47. The first kappa shape index (κ1) is 16.2. The summed E-state index contributed by atoms with van der Waals surface area (Å²) in [6, 6.07) is 0. The van der Waals surface area contributed by atoms with Crippen molar-refractivity contribution in [3.63, 3.8) is 0 Å². The Kier molecular flexibility index (Phi) is 17.2. The minimum Gasteiger partial charge on any atom is -1.00 e. The summed E-state index contributed by atoms with van der Waals surface area (Å²) in [5.41, 5.74) is 0. The van der Waals surface area contributed by atoms with Crippen LogP contribution in [0.1, 0.15) is 16.7 Å². The Labute approximate surface area is 96.6 Å². The van der Waals surface area contributed by atoms with Gasteiger partial charge in [0, 0.05) is 0 Å². The SMILES string of the molecule is CC(C)C(=O)O.[H-].[H-].[Na+].[Na+]. The predicted octanol–water partition coefficient (Wildman–Crippen LogP) is -5.04. The zero-order chi connectivity index (χ0) is 5.15. The third-order valence-corrected chi connectivity index (χ3v) is 0.494. The Morgan fingerprint density at radius 3 is 1.62 bits per heavy atom. The third-order valence-electron chi connectivity index (χ3n) is 0.494. The third kappa shape index (κ3) is 10.5. The van der Waals surface area contributed by atoms with Gasteiger partial charge in [0.2, 0.25) is 0 Å². The van der Waals surface area contributed by atoms with E-state index in [4.69, 9.17) is 5.11 Å². The van der Waals surface area contributed by atoms with Gasteiger partial charge in [-0.2, -0.15) is 0 Å². The Balaban J connectivity index is -0.0000000208. The van der Waals surface area contributed by atoms with Gasteiger partial charge in [-0.15, -0.1) is 0 Å². The van der Waals surface area contributed by atoms with E-state index in [0.717, 1.165) is 0 Å². The molecule has 1 N–H and O–H groups in total. The van der Waals surface area contributed by atoms with E-state index in [1.54, 1.807) is 13.8 Å². The molecule has 0 atom stereocenters. The molecular formula is C4H10Na2O2. The van der Waals surface area contributed by atoms with E-state index in [1.165, 1.54) is 0 Å². The van der Waals surface area contributed by atoms with Crippen molar-refractivity contribution < 1.29 is 71.9 Å². The van der Waals surface area contributed by atoms with E-state index in [-0.39, 0.29) is 67.9 Å². The molecule has 8 heavy (non-hydrogen) atoms. The Bertz CT molecular complexity index is 70.3. The Morgan fingerprint density at radius 2 is 1.62 bits per heavy atom. The molecule has 0 aromatic rings. The number of hydrogen-bond donors (Lipinski definition) is 1. The summed E-state index contributed by atoms with van der Waals surface area (Å²) >= 11 is 0. The van der Waals surface area contributed by atoms with E-state index >= 15 is 0 Å². The second-order valence-corrected chi connectivity index (χ2v) is 1.49. The van der Waals surface area contributed by atoms with Crippen molar-refractivity contribution in [2.24, 2.45) is 5.92 Å². The fourth-order valence-corrected chi connectivity index (χ4v) is 0. The maximum Gasteiger partial charge on any atom is 1.00 e. The minimum atomic E-state index is -0.741. The quantitative estimate of drug-likeness (QED) is 0.366. The van der Waals surface area contributed by atoms with Gasteiger partial charge in [-0.1, -0.05) is 13.8 Å². The molecule has 0 bridgehead atoms. The maximum absolute atomic E-state index is 9.70. The number of carboxylic acids is 1. The molecule has 0 saturated carbocycles. The first-order chi connectivity index (χ1) is 2.64. The summed E-state index contributed by atoms with van der Waals surface area (Å²) in [6.07, 6.45) is 0. The normalized spacial score (nSPS) is 6.88. The molecule has 0 aromatic carbocycles. The van der Waals surface area contributed by atoms with E-state index < -0.39 is 5.97 Å². The zero-order valence-electron chi connectivity index (χ0n) is 7.93.